The van der Waals surface area contributed by atoms with Crippen molar-refractivity contribution in [1.82, 2.24) is 4.90 Å². The SMILES string of the molecule is Cc1cc(N2CC[C@H](Oc3ccc(-c4ccccc4)cc3)C2=O)ccc1OCCN1CCCC1. The van der Waals surface area contributed by atoms with E-state index in [4.69, 9.17) is 9.47 Å². The van der Waals surface area contributed by atoms with Gasteiger partial charge in [-0.3, -0.25) is 9.69 Å². The van der Waals surface area contributed by atoms with Gasteiger partial charge in [-0.25, -0.2) is 0 Å². The van der Waals surface area contributed by atoms with Gasteiger partial charge in [-0.2, -0.15) is 0 Å². The number of benzene rings is 3. The fourth-order valence-corrected chi connectivity index (χ4v) is 4.79. The van der Waals surface area contributed by atoms with Crippen LogP contribution < -0.4 is 14.4 Å². The van der Waals surface area contributed by atoms with Gasteiger partial charge in [0.2, 0.25) is 0 Å². The third kappa shape index (κ3) is 5.10. The summed E-state index contributed by atoms with van der Waals surface area (Å²) < 4.78 is 12.1. The van der Waals surface area contributed by atoms with E-state index in [1.54, 1.807) is 0 Å². The van der Waals surface area contributed by atoms with E-state index < -0.39 is 6.10 Å². The number of aryl methyl sites for hydroxylation is 1. The lowest BCUT2D eigenvalue weighted by Crippen LogP contribution is -2.32. The van der Waals surface area contributed by atoms with Gasteiger partial charge in [-0.15, -0.1) is 0 Å². The van der Waals surface area contributed by atoms with E-state index in [9.17, 15) is 4.79 Å². The molecule has 0 radical (unpaired) electrons. The van der Waals surface area contributed by atoms with Crippen LogP contribution in [0.5, 0.6) is 11.5 Å². The van der Waals surface area contributed by atoms with E-state index in [0.29, 0.717) is 19.6 Å². The van der Waals surface area contributed by atoms with Crippen molar-refractivity contribution in [2.75, 3.05) is 37.7 Å². The Kier molecular flexibility index (Phi) is 6.82. The van der Waals surface area contributed by atoms with E-state index >= 15 is 0 Å². The van der Waals surface area contributed by atoms with Crippen molar-refractivity contribution in [2.45, 2.75) is 32.3 Å². The van der Waals surface area contributed by atoms with Gasteiger partial charge in [0, 0.05) is 25.2 Å². The Labute approximate surface area is 201 Å². The molecule has 2 aliphatic rings. The fraction of sp³-hybridized carbons (Fsp3) is 0.345. The molecule has 0 aromatic heterocycles. The lowest BCUT2D eigenvalue weighted by Gasteiger charge is -2.20. The molecule has 1 amide bonds. The van der Waals surface area contributed by atoms with Gasteiger partial charge in [0.05, 0.1) is 0 Å². The Balaban J connectivity index is 1.17. The standard InChI is InChI=1S/C29H32N2O3/c1-22-21-25(11-14-27(22)33-20-19-30-16-5-6-17-30)31-18-15-28(29(31)32)34-26-12-9-24(10-13-26)23-7-3-2-4-8-23/h2-4,7-14,21,28H,5-6,15-20H2,1H3/t28-/m0/s1. The monoisotopic (exact) mass is 456 g/mol. The molecule has 0 unspecified atom stereocenters. The number of carbonyl (C=O) groups is 1. The van der Waals surface area contributed by atoms with Gasteiger partial charge in [0.15, 0.2) is 6.10 Å². The molecule has 2 heterocycles. The summed E-state index contributed by atoms with van der Waals surface area (Å²) in [6.07, 6.45) is 2.80. The first-order valence-electron chi connectivity index (χ1n) is 12.3. The topological polar surface area (TPSA) is 42.0 Å². The summed E-state index contributed by atoms with van der Waals surface area (Å²) >= 11 is 0. The Morgan fingerprint density at radius 1 is 0.882 bits per heavy atom. The second-order valence-electron chi connectivity index (χ2n) is 9.12. The Morgan fingerprint density at radius 2 is 1.62 bits per heavy atom. The first-order valence-corrected chi connectivity index (χ1v) is 12.3. The van der Waals surface area contributed by atoms with Gasteiger partial charge in [-0.05, 0) is 79.9 Å². The molecular formula is C29H32N2O3. The van der Waals surface area contributed by atoms with Crippen LogP contribution in [0.15, 0.2) is 72.8 Å². The molecule has 34 heavy (non-hydrogen) atoms. The van der Waals surface area contributed by atoms with Crippen LogP contribution in [0.4, 0.5) is 5.69 Å². The largest absolute Gasteiger partial charge is 0.492 e. The predicted octanol–water partition coefficient (Wildman–Crippen LogP) is 5.32. The van der Waals surface area contributed by atoms with Crippen molar-refractivity contribution in [2.24, 2.45) is 0 Å². The summed E-state index contributed by atoms with van der Waals surface area (Å²) in [6, 6.07) is 24.2. The number of ether oxygens (including phenoxy) is 2. The van der Waals surface area contributed by atoms with E-state index in [0.717, 1.165) is 40.4 Å². The van der Waals surface area contributed by atoms with Crippen LogP contribution in [-0.2, 0) is 4.79 Å². The molecule has 5 nitrogen and oxygen atoms in total. The number of nitrogens with zero attached hydrogens (tertiary/aromatic N) is 2. The van der Waals surface area contributed by atoms with Crippen molar-refractivity contribution < 1.29 is 14.3 Å². The maximum Gasteiger partial charge on any atom is 0.268 e. The molecule has 0 N–H and O–H groups in total. The number of amides is 1. The van der Waals surface area contributed by atoms with E-state index in [1.165, 1.54) is 25.9 Å². The first-order chi connectivity index (χ1) is 16.7. The van der Waals surface area contributed by atoms with Crippen LogP contribution in [0.25, 0.3) is 11.1 Å². The summed E-state index contributed by atoms with van der Waals surface area (Å²) in [5.41, 5.74) is 4.24. The summed E-state index contributed by atoms with van der Waals surface area (Å²) in [4.78, 5) is 17.3. The minimum Gasteiger partial charge on any atom is -0.492 e. The van der Waals surface area contributed by atoms with Crippen molar-refractivity contribution in [1.29, 1.82) is 0 Å². The highest BCUT2D eigenvalue weighted by atomic mass is 16.5. The second kappa shape index (κ2) is 10.3. The van der Waals surface area contributed by atoms with Gasteiger partial charge in [0.25, 0.3) is 5.91 Å². The zero-order valence-corrected chi connectivity index (χ0v) is 19.8. The average Bonchev–Trinajstić information content (AvgIpc) is 3.51. The molecule has 3 aromatic carbocycles. The average molecular weight is 457 g/mol. The molecule has 176 valence electrons. The number of hydrogen-bond donors (Lipinski definition) is 0. The highest BCUT2D eigenvalue weighted by molar-refractivity contribution is 5.99. The molecule has 0 bridgehead atoms. The Morgan fingerprint density at radius 3 is 2.35 bits per heavy atom. The Bertz CT molecular complexity index is 1110. The molecule has 2 aliphatic heterocycles. The van der Waals surface area contributed by atoms with Crippen LogP contribution in [0, 0.1) is 6.92 Å². The molecule has 2 saturated heterocycles. The second-order valence-corrected chi connectivity index (χ2v) is 9.12. The van der Waals surface area contributed by atoms with Crippen LogP contribution in [0.2, 0.25) is 0 Å². The maximum absolute atomic E-state index is 13.1. The van der Waals surface area contributed by atoms with Crippen molar-refractivity contribution >= 4 is 11.6 Å². The number of carbonyl (C=O) groups excluding carboxylic acids is 1. The van der Waals surface area contributed by atoms with Crippen LogP contribution in [-0.4, -0.2) is 49.7 Å². The van der Waals surface area contributed by atoms with Crippen LogP contribution in [0.3, 0.4) is 0 Å². The number of rotatable bonds is 8. The summed E-state index contributed by atoms with van der Waals surface area (Å²) in [6.45, 7) is 6.72. The molecule has 3 aromatic rings. The molecule has 5 rings (SSSR count). The van der Waals surface area contributed by atoms with Crippen molar-refractivity contribution in [3.05, 3.63) is 78.4 Å². The highest BCUT2D eigenvalue weighted by Gasteiger charge is 2.34. The molecule has 0 saturated carbocycles. The third-order valence-corrected chi connectivity index (χ3v) is 6.73. The summed E-state index contributed by atoms with van der Waals surface area (Å²) in [5.74, 6) is 1.62. The molecule has 1 atom stereocenters. The fourth-order valence-electron chi connectivity index (χ4n) is 4.79. The van der Waals surface area contributed by atoms with Crippen molar-refractivity contribution in [3.8, 4) is 22.6 Å². The minimum absolute atomic E-state index is 0.00855. The van der Waals surface area contributed by atoms with Crippen LogP contribution in [0.1, 0.15) is 24.8 Å². The summed E-state index contributed by atoms with van der Waals surface area (Å²) in [5, 5.41) is 0. The van der Waals surface area contributed by atoms with E-state index in [2.05, 4.69) is 17.0 Å². The number of likely N-dealkylation sites (tertiary alicyclic amines) is 1. The zero-order chi connectivity index (χ0) is 23.3. The smallest absolute Gasteiger partial charge is 0.268 e. The highest BCUT2D eigenvalue weighted by Crippen LogP contribution is 2.30. The Hall–Kier alpha value is -3.31. The molecule has 5 heteroatoms. The number of hydrogen-bond acceptors (Lipinski definition) is 4. The van der Waals surface area contributed by atoms with Gasteiger partial charge >= 0.3 is 0 Å². The molecular weight excluding hydrogens is 424 g/mol. The van der Waals surface area contributed by atoms with Gasteiger partial charge in [-0.1, -0.05) is 42.5 Å². The van der Waals surface area contributed by atoms with E-state index in [-0.39, 0.29) is 5.91 Å². The lowest BCUT2D eigenvalue weighted by atomic mass is 10.1. The first kappa shape index (κ1) is 22.5. The minimum atomic E-state index is -0.459. The quantitative estimate of drug-likeness (QED) is 0.460. The van der Waals surface area contributed by atoms with Gasteiger partial charge < -0.3 is 14.4 Å². The molecule has 0 spiro atoms. The zero-order valence-electron chi connectivity index (χ0n) is 19.8. The van der Waals surface area contributed by atoms with E-state index in [1.807, 2.05) is 72.5 Å². The lowest BCUT2D eigenvalue weighted by molar-refractivity contribution is -0.122. The van der Waals surface area contributed by atoms with Crippen molar-refractivity contribution in [3.63, 3.8) is 0 Å². The third-order valence-electron chi connectivity index (χ3n) is 6.73. The molecule has 0 aliphatic carbocycles. The maximum atomic E-state index is 13.1. The van der Waals surface area contributed by atoms with Crippen LogP contribution >= 0.6 is 0 Å². The summed E-state index contributed by atoms with van der Waals surface area (Å²) in [7, 11) is 0. The number of anilines is 1. The predicted molar refractivity (Wildman–Crippen MR) is 136 cm³/mol. The molecule has 2 fully saturated rings. The normalized spacial score (nSPS) is 18.4. The van der Waals surface area contributed by atoms with Gasteiger partial charge in [0.1, 0.15) is 18.1 Å².